The Morgan fingerprint density at radius 1 is 1.14 bits per heavy atom. The van der Waals surface area contributed by atoms with Crippen LogP contribution in [0.3, 0.4) is 0 Å². The first-order valence-corrected chi connectivity index (χ1v) is 12.5. The molecule has 0 bridgehead atoms. The Morgan fingerprint density at radius 2 is 1.78 bits per heavy atom. The maximum absolute atomic E-state index is 13.7. The molecule has 0 spiro atoms. The van der Waals surface area contributed by atoms with E-state index in [4.69, 9.17) is 16.3 Å². The third kappa shape index (κ3) is 7.80. The lowest BCUT2D eigenvalue weighted by Crippen LogP contribution is -2.55. The minimum Gasteiger partial charge on any atom is -0.508 e. The van der Waals surface area contributed by atoms with Gasteiger partial charge < -0.3 is 25.4 Å². The second-order valence-electron chi connectivity index (χ2n) is 9.64. The molecule has 0 radical (unpaired) electrons. The number of hydrogen-bond acceptors (Lipinski definition) is 6. The van der Waals surface area contributed by atoms with Crippen LogP contribution in [-0.2, 0) is 14.3 Å². The Kier molecular flexibility index (Phi) is 10.1. The number of amides is 3. The first-order valence-electron chi connectivity index (χ1n) is 11.5. The Bertz CT molecular complexity index is 1080. The number of aryl methyl sites for hydroxylation is 1. The number of hydrogen-bond donors (Lipinski definition) is 4. The number of halogens is 1. The number of nitrogens with zero attached hydrogens (tertiary/aromatic N) is 1. The van der Waals surface area contributed by atoms with Gasteiger partial charge in [0.05, 0.1) is 10.7 Å². The van der Waals surface area contributed by atoms with E-state index in [-0.39, 0.29) is 11.5 Å². The predicted molar refractivity (Wildman–Crippen MR) is 145 cm³/mol. The van der Waals surface area contributed by atoms with Gasteiger partial charge in [0.15, 0.2) is 0 Å². The van der Waals surface area contributed by atoms with Crippen LogP contribution in [0.15, 0.2) is 42.5 Å². The number of ether oxygens (including phenoxy) is 1. The molecule has 0 aliphatic carbocycles. The third-order valence-corrected chi connectivity index (χ3v) is 5.85. The maximum Gasteiger partial charge on any atom is 0.408 e. The molecule has 0 aliphatic rings. The van der Waals surface area contributed by atoms with Gasteiger partial charge in [-0.3, -0.25) is 9.59 Å². The topological polar surface area (TPSA) is 108 Å². The lowest BCUT2D eigenvalue weighted by molar-refractivity contribution is -0.142. The number of carbonyl (C=O) groups is 3. The Labute approximate surface area is 222 Å². The minimum atomic E-state index is -1.15. The van der Waals surface area contributed by atoms with E-state index < -0.39 is 41.6 Å². The molecule has 2 unspecified atom stereocenters. The van der Waals surface area contributed by atoms with E-state index in [0.29, 0.717) is 16.3 Å². The standard InChI is InChI=1S/C26H34ClN3O5S/c1-15(2)30(24(33)20(14-36)28-25(34)35-26(4,5)6)22(17-10-8-11-18(31)13-17)23(32)29-21-16(3)9-7-12-19(21)27/h7-13,15,20,22,31,36H,14H2,1-6H3,(H,28,34)(H,29,32). The number of benzene rings is 2. The van der Waals surface area contributed by atoms with Crippen LogP contribution < -0.4 is 10.6 Å². The van der Waals surface area contributed by atoms with Gasteiger partial charge in [-0.25, -0.2) is 4.79 Å². The fraction of sp³-hybridized carbons (Fsp3) is 0.423. The highest BCUT2D eigenvalue weighted by Crippen LogP contribution is 2.31. The van der Waals surface area contributed by atoms with Crippen LogP contribution in [0.2, 0.25) is 5.02 Å². The summed E-state index contributed by atoms with van der Waals surface area (Å²) in [6, 6.07) is 8.66. The van der Waals surface area contributed by atoms with Crippen molar-refractivity contribution in [2.24, 2.45) is 0 Å². The third-order valence-electron chi connectivity index (χ3n) is 5.17. The Balaban J connectivity index is 2.50. The zero-order valence-electron chi connectivity index (χ0n) is 21.3. The number of aromatic hydroxyl groups is 1. The van der Waals surface area contributed by atoms with Crippen LogP contribution in [0.1, 0.15) is 51.8 Å². The summed E-state index contributed by atoms with van der Waals surface area (Å²) in [5.74, 6) is -1.16. The summed E-state index contributed by atoms with van der Waals surface area (Å²) in [6.45, 7) is 10.4. The van der Waals surface area contributed by atoms with Crippen molar-refractivity contribution in [3.63, 3.8) is 0 Å². The van der Waals surface area contributed by atoms with Gasteiger partial charge in [0.25, 0.3) is 5.91 Å². The second kappa shape index (κ2) is 12.4. The monoisotopic (exact) mass is 535 g/mol. The molecular weight excluding hydrogens is 502 g/mol. The van der Waals surface area contributed by atoms with Gasteiger partial charge in [0, 0.05) is 11.8 Å². The van der Waals surface area contributed by atoms with Crippen LogP contribution in [0, 0.1) is 6.92 Å². The fourth-order valence-electron chi connectivity index (χ4n) is 3.61. The minimum absolute atomic E-state index is 0.0285. The van der Waals surface area contributed by atoms with Gasteiger partial charge in [-0.1, -0.05) is 35.9 Å². The summed E-state index contributed by atoms with van der Waals surface area (Å²) in [7, 11) is 0. The van der Waals surface area contributed by atoms with Crippen molar-refractivity contribution in [1.29, 1.82) is 0 Å². The number of nitrogens with one attached hydrogen (secondary N) is 2. The number of phenols is 1. The van der Waals surface area contributed by atoms with Gasteiger partial charge in [-0.05, 0) is 70.9 Å². The summed E-state index contributed by atoms with van der Waals surface area (Å²) >= 11 is 10.6. The highest BCUT2D eigenvalue weighted by molar-refractivity contribution is 7.80. The molecule has 196 valence electrons. The lowest BCUT2D eigenvalue weighted by Gasteiger charge is -2.37. The Morgan fingerprint density at radius 3 is 2.31 bits per heavy atom. The Hall–Kier alpha value is -2.91. The van der Waals surface area contributed by atoms with Crippen LogP contribution in [0.5, 0.6) is 5.75 Å². The number of thiol groups is 1. The number of carbonyl (C=O) groups excluding carboxylic acids is 3. The lowest BCUT2D eigenvalue weighted by atomic mass is 10.0. The van der Waals surface area contributed by atoms with E-state index in [0.717, 1.165) is 5.56 Å². The SMILES string of the molecule is Cc1cccc(Cl)c1NC(=O)C(c1cccc(O)c1)N(C(=O)C(CS)NC(=O)OC(C)(C)C)C(C)C. The second-order valence-corrected chi connectivity index (χ2v) is 10.4. The number of anilines is 1. The van der Waals surface area contributed by atoms with Crippen molar-refractivity contribution in [3.8, 4) is 5.75 Å². The molecule has 2 rings (SSSR count). The van der Waals surface area contributed by atoms with Crippen molar-refractivity contribution in [2.75, 3.05) is 11.1 Å². The van der Waals surface area contributed by atoms with Crippen molar-refractivity contribution < 1.29 is 24.2 Å². The highest BCUT2D eigenvalue weighted by Gasteiger charge is 2.38. The molecule has 0 aromatic heterocycles. The largest absolute Gasteiger partial charge is 0.508 e. The van der Waals surface area contributed by atoms with Gasteiger partial charge in [-0.15, -0.1) is 0 Å². The predicted octanol–water partition coefficient (Wildman–Crippen LogP) is 5.09. The van der Waals surface area contributed by atoms with Crippen molar-refractivity contribution in [1.82, 2.24) is 10.2 Å². The molecule has 2 aromatic carbocycles. The first kappa shape index (κ1) is 29.3. The highest BCUT2D eigenvalue weighted by atomic mass is 35.5. The maximum atomic E-state index is 13.7. The molecule has 2 aromatic rings. The van der Waals surface area contributed by atoms with E-state index in [1.54, 1.807) is 71.9 Å². The van der Waals surface area contributed by atoms with E-state index in [1.807, 2.05) is 0 Å². The summed E-state index contributed by atoms with van der Waals surface area (Å²) < 4.78 is 5.29. The van der Waals surface area contributed by atoms with Crippen LogP contribution in [-0.4, -0.2) is 51.4 Å². The van der Waals surface area contributed by atoms with E-state index in [1.165, 1.54) is 17.0 Å². The molecule has 2 atom stereocenters. The summed E-state index contributed by atoms with van der Waals surface area (Å²) in [5.41, 5.74) is 0.785. The molecule has 0 saturated heterocycles. The van der Waals surface area contributed by atoms with Crippen LogP contribution in [0.4, 0.5) is 10.5 Å². The van der Waals surface area contributed by atoms with Gasteiger partial charge in [-0.2, -0.15) is 12.6 Å². The van der Waals surface area contributed by atoms with Crippen LogP contribution in [0.25, 0.3) is 0 Å². The van der Waals surface area contributed by atoms with Crippen molar-refractivity contribution >= 4 is 47.8 Å². The molecule has 36 heavy (non-hydrogen) atoms. The fourth-order valence-corrected chi connectivity index (χ4v) is 4.13. The average Bonchev–Trinajstić information content (AvgIpc) is 2.76. The molecule has 0 aliphatic heterocycles. The van der Waals surface area contributed by atoms with Gasteiger partial charge in [0.2, 0.25) is 5.91 Å². The number of phenolic OH excluding ortho intramolecular Hbond substituents is 1. The zero-order valence-corrected chi connectivity index (χ0v) is 23.0. The normalized spacial score (nSPS) is 13.0. The number of para-hydroxylation sites is 1. The van der Waals surface area contributed by atoms with Crippen molar-refractivity contribution in [2.45, 2.75) is 65.3 Å². The molecule has 3 N–H and O–H groups in total. The molecule has 0 heterocycles. The first-order chi connectivity index (χ1) is 16.7. The smallest absolute Gasteiger partial charge is 0.408 e. The number of alkyl carbamates (subject to hydrolysis) is 1. The zero-order chi connectivity index (χ0) is 27.2. The molecular formula is C26H34ClN3O5S. The summed E-state index contributed by atoms with van der Waals surface area (Å²) in [4.78, 5) is 41.2. The van der Waals surface area contributed by atoms with Crippen LogP contribution >= 0.6 is 24.2 Å². The average molecular weight is 536 g/mol. The summed E-state index contributed by atoms with van der Waals surface area (Å²) in [5, 5.41) is 15.9. The van der Waals surface area contributed by atoms with Crippen molar-refractivity contribution in [3.05, 3.63) is 58.6 Å². The van der Waals surface area contributed by atoms with E-state index in [2.05, 4.69) is 23.3 Å². The molecule has 10 heteroatoms. The quantitative estimate of drug-likeness (QED) is 0.352. The van der Waals surface area contributed by atoms with E-state index in [9.17, 15) is 19.5 Å². The molecule has 8 nitrogen and oxygen atoms in total. The summed E-state index contributed by atoms with van der Waals surface area (Å²) in [6.07, 6.45) is -0.774. The molecule has 0 saturated carbocycles. The molecule has 3 amide bonds. The van der Waals surface area contributed by atoms with Gasteiger partial charge in [0.1, 0.15) is 23.4 Å². The molecule has 0 fully saturated rings. The van der Waals surface area contributed by atoms with Gasteiger partial charge >= 0.3 is 6.09 Å². The van der Waals surface area contributed by atoms with E-state index >= 15 is 0 Å². The number of rotatable bonds is 8.